The van der Waals surface area contributed by atoms with Crippen molar-refractivity contribution in [2.45, 2.75) is 84.8 Å². The number of fused-ring (bicyclic) bond motifs is 5. The zero-order valence-electron chi connectivity index (χ0n) is 19.1. The maximum Gasteiger partial charge on any atom is 0.330 e. The third kappa shape index (κ3) is 3.48. The molecule has 3 fully saturated rings. The lowest BCUT2D eigenvalue weighted by Crippen LogP contribution is -2.55. The van der Waals surface area contributed by atoms with Gasteiger partial charge in [0, 0.05) is 6.08 Å². The van der Waals surface area contributed by atoms with Gasteiger partial charge >= 0.3 is 5.97 Å². The number of esters is 1. The molecule has 0 bridgehead atoms. The van der Waals surface area contributed by atoms with E-state index in [9.17, 15) is 15.0 Å². The summed E-state index contributed by atoms with van der Waals surface area (Å²) in [5.74, 6) is 2.04. The Labute approximate surface area is 181 Å². The highest BCUT2D eigenvalue weighted by Gasteiger charge is 2.61. The van der Waals surface area contributed by atoms with E-state index in [0.29, 0.717) is 36.2 Å². The molecule has 0 aromatic rings. The Morgan fingerprint density at radius 1 is 1.20 bits per heavy atom. The predicted molar refractivity (Wildman–Crippen MR) is 118 cm³/mol. The van der Waals surface area contributed by atoms with E-state index in [4.69, 9.17) is 4.74 Å². The number of hydrogen-bond acceptors (Lipinski definition) is 4. The molecule has 0 heterocycles. The van der Waals surface area contributed by atoms with E-state index in [1.165, 1.54) is 24.8 Å². The smallest absolute Gasteiger partial charge is 0.330 e. The molecule has 9 atom stereocenters. The van der Waals surface area contributed by atoms with E-state index in [-0.39, 0.29) is 29.0 Å². The van der Waals surface area contributed by atoms with Gasteiger partial charge in [-0.05, 0) is 92.3 Å². The number of carbonyl (C=O) groups is 1. The van der Waals surface area contributed by atoms with Gasteiger partial charge < -0.3 is 14.9 Å². The minimum atomic E-state index is -0.339. The molecule has 168 valence electrons. The van der Waals surface area contributed by atoms with Crippen LogP contribution in [0.1, 0.15) is 72.6 Å². The summed E-state index contributed by atoms with van der Waals surface area (Å²) in [4.78, 5) is 11.8. The molecule has 0 aliphatic heterocycles. The van der Waals surface area contributed by atoms with Crippen molar-refractivity contribution < 1.29 is 19.7 Å². The molecule has 0 saturated heterocycles. The van der Waals surface area contributed by atoms with Crippen LogP contribution in [-0.4, -0.2) is 35.0 Å². The van der Waals surface area contributed by atoms with Gasteiger partial charge in [0.25, 0.3) is 0 Å². The lowest BCUT2D eigenvalue weighted by molar-refractivity contribution is -0.137. The van der Waals surface area contributed by atoms with Gasteiger partial charge in [0.05, 0.1) is 18.8 Å². The Bertz CT molecular complexity index is 727. The highest BCUT2D eigenvalue weighted by molar-refractivity contribution is 5.81. The van der Waals surface area contributed by atoms with Crippen molar-refractivity contribution in [1.29, 1.82) is 0 Å². The first-order valence-electron chi connectivity index (χ1n) is 12.1. The second-order valence-electron chi connectivity index (χ2n) is 11.0. The maximum absolute atomic E-state index is 11.8. The standard InChI is InChI=1S/C26H40O4/c1-5-30-23(29)9-6-16(2)19-7-8-20-24-21(11-13-26(19,20)4)25(3)12-10-18(27)14-17(25)15-22(24)28/h6,9,14,16,18-22,24,27-28H,5,7-8,10-13,15H2,1-4H3/b9-6+/t16-,18-,19?,20?,21?,22+,24?,25+,26-/m1/s1. The quantitative estimate of drug-likeness (QED) is 0.398. The number of aliphatic hydroxyl groups excluding tert-OH is 2. The zero-order chi connectivity index (χ0) is 21.7. The Morgan fingerprint density at radius 3 is 2.70 bits per heavy atom. The summed E-state index contributed by atoms with van der Waals surface area (Å²) in [6.45, 7) is 9.33. The lowest BCUT2D eigenvalue weighted by Gasteiger charge is -2.60. The van der Waals surface area contributed by atoms with Crippen LogP contribution >= 0.6 is 0 Å². The first-order valence-corrected chi connectivity index (χ1v) is 12.1. The minimum Gasteiger partial charge on any atom is -0.463 e. The SMILES string of the molecule is CCOC(=O)/C=C/[C@@H](C)C1CCC2C3C(CC[C@@]21C)[C@@]1(C)CC[C@@H](O)C=C1C[C@@H]3O. The van der Waals surface area contributed by atoms with Crippen LogP contribution in [0.4, 0.5) is 0 Å². The second kappa shape index (κ2) is 8.09. The van der Waals surface area contributed by atoms with E-state index >= 15 is 0 Å². The Kier molecular flexibility index (Phi) is 5.95. The number of hydrogen-bond donors (Lipinski definition) is 2. The molecule has 4 aliphatic carbocycles. The number of aliphatic hydroxyl groups is 2. The van der Waals surface area contributed by atoms with Crippen LogP contribution in [0.3, 0.4) is 0 Å². The summed E-state index contributed by atoms with van der Waals surface area (Å²) in [6, 6.07) is 0. The minimum absolute atomic E-state index is 0.137. The van der Waals surface area contributed by atoms with Crippen molar-refractivity contribution in [2.24, 2.45) is 40.4 Å². The molecule has 0 spiro atoms. The van der Waals surface area contributed by atoms with Gasteiger partial charge in [-0.15, -0.1) is 0 Å². The van der Waals surface area contributed by atoms with E-state index in [2.05, 4.69) is 26.8 Å². The second-order valence-corrected chi connectivity index (χ2v) is 11.0. The first-order chi connectivity index (χ1) is 14.2. The fourth-order valence-electron chi connectivity index (χ4n) is 8.13. The fourth-order valence-corrected chi connectivity index (χ4v) is 8.13. The molecule has 4 aliphatic rings. The predicted octanol–water partition coefficient (Wildman–Crippen LogP) is 4.65. The van der Waals surface area contributed by atoms with Gasteiger partial charge in [0.1, 0.15) is 0 Å². The van der Waals surface area contributed by atoms with E-state index < -0.39 is 0 Å². The molecule has 4 unspecified atom stereocenters. The van der Waals surface area contributed by atoms with Gasteiger partial charge in [-0.3, -0.25) is 0 Å². The highest BCUT2D eigenvalue weighted by Crippen LogP contribution is 2.67. The maximum atomic E-state index is 11.8. The topological polar surface area (TPSA) is 66.8 Å². The summed E-state index contributed by atoms with van der Waals surface area (Å²) < 4.78 is 5.06. The lowest BCUT2D eigenvalue weighted by atomic mass is 9.45. The Hall–Kier alpha value is -1.13. The molecule has 2 N–H and O–H groups in total. The van der Waals surface area contributed by atoms with Crippen molar-refractivity contribution >= 4 is 5.97 Å². The summed E-state index contributed by atoms with van der Waals surface area (Å²) in [5.41, 5.74) is 1.66. The Morgan fingerprint density at radius 2 is 1.97 bits per heavy atom. The van der Waals surface area contributed by atoms with Gasteiger partial charge in [0.2, 0.25) is 0 Å². The third-order valence-electron chi connectivity index (χ3n) is 9.64. The van der Waals surface area contributed by atoms with Crippen LogP contribution in [0.2, 0.25) is 0 Å². The molecular weight excluding hydrogens is 376 g/mol. The molecular formula is C26H40O4. The highest BCUT2D eigenvalue weighted by atomic mass is 16.5. The van der Waals surface area contributed by atoms with Crippen LogP contribution in [0.15, 0.2) is 23.8 Å². The van der Waals surface area contributed by atoms with Crippen molar-refractivity contribution in [1.82, 2.24) is 0 Å². The molecule has 4 nitrogen and oxygen atoms in total. The molecule has 3 saturated carbocycles. The summed E-state index contributed by atoms with van der Waals surface area (Å²) >= 11 is 0. The number of allylic oxidation sites excluding steroid dienone is 1. The van der Waals surface area contributed by atoms with Crippen LogP contribution in [0, 0.1) is 40.4 Å². The largest absolute Gasteiger partial charge is 0.463 e. The normalized spacial score (nSPS) is 46.5. The van der Waals surface area contributed by atoms with Crippen LogP contribution in [0.25, 0.3) is 0 Å². The van der Waals surface area contributed by atoms with Gasteiger partial charge in [-0.1, -0.05) is 38.5 Å². The van der Waals surface area contributed by atoms with Gasteiger partial charge in [-0.2, -0.15) is 0 Å². The average molecular weight is 417 g/mol. The number of carbonyl (C=O) groups excluding carboxylic acids is 1. The van der Waals surface area contributed by atoms with Crippen LogP contribution in [-0.2, 0) is 9.53 Å². The van der Waals surface area contributed by atoms with Gasteiger partial charge in [-0.25, -0.2) is 4.79 Å². The van der Waals surface area contributed by atoms with E-state index in [1.807, 2.05) is 13.0 Å². The fraction of sp³-hybridized carbons (Fsp3) is 0.808. The molecule has 0 aromatic heterocycles. The van der Waals surface area contributed by atoms with Crippen molar-refractivity contribution in [3.8, 4) is 0 Å². The van der Waals surface area contributed by atoms with E-state index in [0.717, 1.165) is 25.7 Å². The number of rotatable bonds is 4. The molecule has 0 amide bonds. The monoisotopic (exact) mass is 416 g/mol. The van der Waals surface area contributed by atoms with Crippen molar-refractivity contribution in [3.63, 3.8) is 0 Å². The zero-order valence-corrected chi connectivity index (χ0v) is 19.1. The molecule has 4 heteroatoms. The third-order valence-corrected chi connectivity index (χ3v) is 9.64. The molecule has 4 rings (SSSR count). The van der Waals surface area contributed by atoms with Crippen LogP contribution in [0.5, 0.6) is 0 Å². The molecule has 0 aromatic carbocycles. The average Bonchev–Trinajstić information content (AvgIpc) is 3.05. The summed E-state index contributed by atoms with van der Waals surface area (Å²) in [6.07, 6.45) is 12.4. The molecule has 30 heavy (non-hydrogen) atoms. The van der Waals surface area contributed by atoms with Crippen LogP contribution < -0.4 is 0 Å². The summed E-state index contributed by atoms with van der Waals surface area (Å²) in [5, 5.41) is 21.4. The molecule has 0 radical (unpaired) electrons. The first kappa shape index (κ1) is 22.1. The number of ether oxygens (including phenoxy) is 1. The Balaban J connectivity index is 1.56. The summed E-state index contributed by atoms with van der Waals surface area (Å²) in [7, 11) is 0. The van der Waals surface area contributed by atoms with Crippen molar-refractivity contribution in [3.05, 3.63) is 23.8 Å². The van der Waals surface area contributed by atoms with Crippen molar-refractivity contribution in [2.75, 3.05) is 6.61 Å². The van der Waals surface area contributed by atoms with E-state index in [1.54, 1.807) is 6.08 Å². The van der Waals surface area contributed by atoms with Gasteiger partial charge in [0.15, 0.2) is 0 Å².